The molecule has 2 amide bonds. The first-order valence-corrected chi connectivity index (χ1v) is 9.53. The van der Waals surface area contributed by atoms with Crippen molar-refractivity contribution in [1.29, 1.82) is 0 Å². The molecule has 25 heavy (non-hydrogen) atoms. The molecule has 1 N–H and O–H groups in total. The number of aromatic nitrogens is 1. The number of anilines is 1. The summed E-state index contributed by atoms with van der Waals surface area (Å²) in [5, 5.41) is 6.32. The minimum absolute atomic E-state index is 0.249. The Balaban J connectivity index is 1.72. The molecule has 1 aromatic carbocycles. The van der Waals surface area contributed by atoms with Crippen LogP contribution >= 0.6 is 0 Å². The first-order valence-electron chi connectivity index (χ1n) is 7.64. The highest BCUT2D eigenvalue weighted by Gasteiger charge is 2.11. The summed E-state index contributed by atoms with van der Waals surface area (Å²) in [4.78, 5) is 13.7. The summed E-state index contributed by atoms with van der Waals surface area (Å²) in [6.07, 6.45) is 1.78. The van der Waals surface area contributed by atoms with Crippen LogP contribution in [0.3, 0.4) is 0 Å². The van der Waals surface area contributed by atoms with Gasteiger partial charge >= 0.3 is 6.03 Å². The summed E-state index contributed by atoms with van der Waals surface area (Å²) in [7, 11) is -1.54. The molecule has 0 spiro atoms. The van der Waals surface area contributed by atoms with Crippen molar-refractivity contribution in [1.82, 2.24) is 10.1 Å². The summed E-state index contributed by atoms with van der Waals surface area (Å²) >= 11 is 0. The molecule has 0 unspecified atom stereocenters. The number of nitrogens with zero attached hydrogens (tertiary/aromatic N) is 2. The number of hydrogen-bond donors (Lipinski definition) is 1. The average Bonchev–Trinajstić information content (AvgIpc) is 2.96. The third-order valence-electron chi connectivity index (χ3n) is 3.37. The molecule has 0 saturated carbocycles. The van der Waals surface area contributed by atoms with Gasteiger partial charge in [-0.3, -0.25) is 5.32 Å². The lowest BCUT2D eigenvalue weighted by atomic mass is 10.3. The van der Waals surface area contributed by atoms with Crippen LogP contribution in [0.2, 0.25) is 0 Å². The maximum absolute atomic E-state index is 12.0. The van der Waals surface area contributed by atoms with Gasteiger partial charge in [-0.15, -0.1) is 0 Å². The molecule has 1 aromatic heterocycles. The lowest BCUT2D eigenvalue weighted by Crippen LogP contribution is -2.32. The minimum atomic E-state index is -3.21. The van der Waals surface area contributed by atoms with Gasteiger partial charge in [0, 0.05) is 25.9 Å². The van der Waals surface area contributed by atoms with Crippen molar-refractivity contribution >= 4 is 21.7 Å². The smallest absolute Gasteiger partial charge is 0.322 e. The van der Waals surface area contributed by atoms with E-state index in [1.165, 1.54) is 17.0 Å². The number of sulfone groups is 1. The Bertz CT molecular complexity index is 815. The summed E-state index contributed by atoms with van der Waals surface area (Å²) in [5.41, 5.74) is 0. The number of carbonyl (C=O) groups is 1. The molecule has 0 aliphatic rings. The van der Waals surface area contributed by atoms with E-state index >= 15 is 0 Å². The van der Waals surface area contributed by atoms with Crippen LogP contribution < -0.4 is 10.1 Å². The van der Waals surface area contributed by atoms with Crippen LogP contribution in [0.25, 0.3) is 0 Å². The number of urea groups is 1. The highest BCUT2D eigenvalue weighted by Crippen LogP contribution is 2.16. The van der Waals surface area contributed by atoms with E-state index in [0.29, 0.717) is 36.9 Å². The van der Waals surface area contributed by atoms with Crippen molar-refractivity contribution in [2.45, 2.75) is 18.2 Å². The molecular weight excluding hydrogens is 346 g/mol. The highest BCUT2D eigenvalue weighted by molar-refractivity contribution is 7.90. The molecule has 0 radical (unpaired) electrons. The van der Waals surface area contributed by atoms with Gasteiger partial charge in [-0.25, -0.2) is 13.2 Å². The van der Waals surface area contributed by atoms with Gasteiger partial charge in [0.25, 0.3) is 0 Å². The molecule has 2 rings (SSSR count). The summed E-state index contributed by atoms with van der Waals surface area (Å²) in [6, 6.07) is 7.58. The van der Waals surface area contributed by atoms with E-state index in [9.17, 15) is 13.2 Å². The third-order valence-corrected chi connectivity index (χ3v) is 4.50. The number of hydrogen-bond acceptors (Lipinski definition) is 6. The Hall–Kier alpha value is -2.55. The molecule has 8 nitrogen and oxygen atoms in total. The number of benzene rings is 1. The molecule has 0 saturated heterocycles. The lowest BCUT2D eigenvalue weighted by Gasteiger charge is -2.17. The van der Waals surface area contributed by atoms with E-state index in [2.05, 4.69) is 10.5 Å². The van der Waals surface area contributed by atoms with Crippen molar-refractivity contribution < 1.29 is 22.5 Å². The Morgan fingerprint density at radius 1 is 1.32 bits per heavy atom. The van der Waals surface area contributed by atoms with E-state index in [1.807, 2.05) is 0 Å². The zero-order valence-electron chi connectivity index (χ0n) is 14.4. The topological polar surface area (TPSA) is 102 Å². The summed E-state index contributed by atoms with van der Waals surface area (Å²) in [6.45, 7) is 2.63. The predicted molar refractivity (Wildman–Crippen MR) is 92.6 cm³/mol. The second-order valence-electron chi connectivity index (χ2n) is 5.62. The van der Waals surface area contributed by atoms with E-state index in [-0.39, 0.29) is 10.9 Å². The van der Waals surface area contributed by atoms with Crippen LogP contribution in [0.15, 0.2) is 39.8 Å². The maximum Gasteiger partial charge on any atom is 0.322 e. The van der Waals surface area contributed by atoms with E-state index < -0.39 is 9.84 Å². The Morgan fingerprint density at radius 2 is 2.00 bits per heavy atom. The second kappa shape index (κ2) is 8.02. The fourth-order valence-electron chi connectivity index (χ4n) is 2.01. The van der Waals surface area contributed by atoms with E-state index in [1.54, 1.807) is 32.2 Å². The van der Waals surface area contributed by atoms with Gasteiger partial charge in [-0.1, -0.05) is 5.16 Å². The molecule has 0 atom stereocenters. The largest absolute Gasteiger partial charge is 0.494 e. The highest BCUT2D eigenvalue weighted by atomic mass is 32.2. The first kappa shape index (κ1) is 18.8. The average molecular weight is 367 g/mol. The van der Waals surface area contributed by atoms with E-state index in [0.717, 1.165) is 6.26 Å². The zero-order chi connectivity index (χ0) is 18.4. The molecule has 0 aliphatic heterocycles. The quantitative estimate of drug-likeness (QED) is 0.754. The van der Waals surface area contributed by atoms with Crippen LogP contribution in [0.1, 0.15) is 12.2 Å². The SMILES string of the molecule is Cc1cc(NC(=O)N(C)CCCOc2ccc(S(C)(=O)=O)cc2)no1. The monoisotopic (exact) mass is 367 g/mol. The van der Waals surface area contributed by atoms with Crippen molar-refractivity contribution in [2.75, 3.05) is 31.8 Å². The van der Waals surface area contributed by atoms with Crippen molar-refractivity contribution in [2.24, 2.45) is 0 Å². The van der Waals surface area contributed by atoms with Gasteiger partial charge in [-0.2, -0.15) is 0 Å². The van der Waals surface area contributed by atoms with Crippen molar-refractivity contribution in [3.63, 3.8) is 0 Å². The van der Waals surface area contributed by atoms with Crippen LogP contribution in [-0.2, 0) is 9.84 Å². The Kier molecular flexibility index (Phi) is 6.02. The Morgan fingerprint density at radius 3 is 2.56 bits per heavy atom. The number of amides is 2. The molecule has 2 aromatic rings. The van der Waals surface area contributed by atoms with Crippen molar-refractivity contribution in [3.05, 3.63) is 36.1 Å². The van der Waals surface area contributed by atoms with Gasteiger partial charge in [0.1, 0.15) is 11.5 Å². The number of ether oxygens (including phenoxy) is 1. The summed E-state index contributed by atoms with van der Waals surface area (Å²) in [5.74, 6) is 1.57. The van der Waals surface area contributed by atoms with Crippen LogP contribution in [0.5, 0.6) is 5.75 Å². The number of nitrogens with one attached hydrogen (secondary N) is 1. The van der Waals surface area contributed by atoms with Gasteiger partial charge in [0.2, 0.25) is 0 Å². The fraction of sp³-hybridized carbons (Fsp3) is 0.375. The Labute approximate surface area is 146 Å². The lowest BCUT2D eigenvalue weighted by molar-refractivity contribution is 0.216. The van der Waals surface area contributed by atoms with Crippen LogP contribution in [0.4, 0.5) is 10.6 Å². The number of aryl methyl sites for hydroxylation is 1. The minimum Gasteiger partial charge on any atom is -0.494 e. The molecule has 1 heterocycles. The molecule has 0 bridgehead atoms. The molecule has 136 valence electrons. The molecule has 0 fully saturated rings. The van der Waals surface area contributed by atoms with Gasteiger partial charge in [-0.05, 0) is 37.6 Å². The normalized spacial score (nSPS) is 11.2. The van der Waals surface area contributed by atoms with Gasteiger partial charge in [0.15, 0.2) is 15.7 Å². The van der Waals surface area contributed by atoms with Gasteiger partial charge in [0.05, 0.1) is 11.5 Å². The van der Waals surface area contributed by atoms with Crippen LogP contribution in [0, 0.1) is 6.92 Å². The zero-order valence-corrected chi connectivity index (χ0v) is 15.2. The first-order chi connectivity index (χ1) is 11.8. The number of rotatable bonds is 7. The fourth-order valence-corrected chi connectivity index (χ4v) is 2.64. The second-order valence-corrected chi connectivity index (χ2v) is 7.64. The van der Waals surface area contributed by atoms with Crippen LogP contribution in [-0.4, -0.2) is 51.0 Å². The van der Waals surface area contributed by atoms with Gasteiger partial charge < -0.3 is 14.2 Å². The molecule has 0 aliphatic carbocycles. The standard InChI is InChI=1S/C16H21N3O5S/c1-12-11-15(18-24-12)17-16(20)19(2)9-4-10-23-13-5-7-14(8-6-13)25(3,21)22/h5-8,11H,4,9-10H2,1-3H3,(H,17,18,20). The number of carbonyl (C=O) groups excluding carboxylic acids is 1. The molecule has 9 heteroatoms. The third kappa shape index (κ3) is 5.79. The molecular formula is C16H21N3O5S. The van der Waals surface area contributed by atoms with E-state index in [4.69, 9.17) is 9.26 Å². The predicted octanol–water partition coefficient (Wildman–Crippen LogP) is 2.32. The maximum atomic E-state index is 12.0. The summed E-state index contributed by atoms with van der Waals surface area (Å²) < 4.78 is 33.2. The van der Waals surface area contributed by atoms with Crippen molar-refractivity contribution in [3.8, 4) is 5.75 Å².